The van der Waals surface area contributed by atoms with E-state index in [1.165, 1.54) is 6.08 Å². The largest absolute Gasteiger partial charge is 0.476 e. The predicted octanol–water partition coefficient (Wildman–Crippen LogP) is 3.45. The second-order valence-corrected chi connectivity index (χ2v) is 9.68. The van der Waals surface area contributed by atoms with Crippen LogP contribution in [0.3, 0.4) is 0 Å². The average molecular weight is 449 g/mol. The lowest BCUT2D eigenvalue weighted by Crippen LogP contribution is -2.17. The average Bonchev–Trinajstić information content (AvgIpc) is 3.41. The maximum Gasteiger partial charge on any atom is 0.246 e. The zero-order valence-electron chi connectivity index (χ0n) is 17.4. The quantitative estimate of drug-likeness (QED) is 0.564. The molecule has 1 unspecified atom stereocenters. The van der Waals surface area contributed by atoms with E-state index >= 15 is 0 Å². The van der Waals surface area contributed by atoms with Gasteiger partial charge in [0.1, 0.15) is 18.6 Å². The van der Waals surface area contributed by atoms with Crippen LogP contribution in [0.25, 0.3) is 6.08 Å². The van der Waals surface area contributed by atoms with Gasteiger partial charge in [0.05, 0.1) is 5.54 Å². The van der Waals surface area contributed by atoms with Crippen molar-refractivity contribution in [3.63, 3.8) is 0 Å². The van der Waals surface area contributed by atoms with Gasteiger partial charge in [0, 0.05) is 18.9 Å². The molecule has 1 amide bonds. The van der Waals surface area contributed by atoms with Crippen molar-refractivity contribution in [2.45, 2.75) is 57.7 Å². The number of nitrogens with two attached hydrogens (primary N) is 1. The fraction of sp³-hybridized carbons (Fsp3) is 0.455. The molecular weight excluding hydrogens is 424 g/mol. The van der Waals surface area contributed by atoms with E-state index in [0.29, 0.717) is 41.7 Å². The van der Waals surface area contributed by atoms with Crippen LogP contribution in [0.4, 0.5) is 8.78 Å². The van der Waals surface area contributed by atoms with Crippen molar-refractivity contribution in [3.05, 3.63) is 50.8 Å². The SMILES string of the molecule is CC1(C)COC(C(=CN)[S-](=O)=NC(=O)C=Cc2c3c(c(F)c4c2CC(F)C4)CCC3)=N1. The Hall–Kier alpha value is -2.55. The Morgan fingerprint density at radius 3 is 2.65 bits per heavy atom. The van der Waals surface area contributed by atoms with Gasteiger partial charge in [-0.3, -0.25) is 4.79 Å². The molecular formula is C22H24F2N3O3S-. The zero-order valence-corrected chi connectivity index (χ0v) is 18.2. The summed E-state index contributed by atoms with van der Waals surface area (Å²) in [4.78, 5) is 16.7. The van der Waals surface area contributed by atoms with Crippen molar-refractivity contribution in [3.8, 4) is 0 Å². The van der Waals surface area contributed by atoms with Gasteiger partial charge in [0.2, 0.25) is 5.91 Å². The number of fused-ring (bicyclic) bond motifs is 2. The number of hydrogen-bond acceptors (Lipinski definition) is 6. The lowest BCUT2D eigenvalue weighted by atomic mass is 9.93. The number of carbonyl (C=O) groups is 1. The van der Waals surface area contributed by atoms with Crippen LogP contribution in [0.2, 0.25) is 0 Å². The van der Waals surface area contributed by atoms with Gasteiger partial charge in [-0.15, -0.1) is 10.6 Å². The first kappa shape index (κ1) is 21.7. The van der Waals surface area contributed by atoms with E-state index in [1.807, 2.05) is 13.8 Å². The summed E-state index contributed by atoms with van der Waals surface area (Å²) in [5, 5.41) is 0. The van der Waals surface area contributed by atoms with Gasteiger partial charge < -0.3 is 19.0 Å². The van der Waals surface area contributed by atoms with E-state index in [-0.39, 0.29) is 29.5 Å². The Balaban J connectivity index is 1.62. The van der Waals surface area contributed by atoms with E-state index in [1.54, 1.807) is 6.08 Å². The lowest BCUT2D eigenvalue weighted by molar-refractivity contribution is -0.113. The summed E-state index contributed by atoms with van der Waals surface area (Å²) in [6, 6.07) is 0. The van der Waals surface area contributed by atoms with Gasteiger partial charge in [-0.2, -0.15) is 0 Å². The minimum Gasteiger partial charge on any atom is -0.476 e. The second-order valence-electron chi connectivity index (χ2n) is 8.56. The van der Waals surface area contributed by atoms with E-state index in [9.17, 15) is 17.8 Å². The molecule has 0 radical (unpaired) electrons. The molecule has 1 aromatic rings. The van der Waals surface area contributed by atoms with Gasteiger partial charge in [0.15, 0.2) is 5.90 Å². The van der Waals surface area contributed by atoms with Crippen molar-refractivity contribution in [2.75, 3.05) is 6.61 Å². The smallest absolute Gasteiger partial charge is 0.246 e. The zero-order chi connectivity index (χ0) is 22.3. The third-order valence-corrected chi connectivity index (χ3v) is 6.73. The molecule has 3 aliphatic rings. The number of ether oxygens (including phenoxy) is 1. The minimum absolute atomic E-state index is 0.0242. The molecule has 0 fully saturated rings. The summed E-state index contributed by atoms with van der Waals surface area (Å²) in [5.74, 6) is -0.931. The Morgan fingerprint density at radius 2 is 1.97 bits per heavy atom. The molecule has 0 aromatic heterocycles. The fourth-order valence-electron chi connectivity index (χ4n) is 4.34. The molecule has 166 valence electrons. The van der Waals surface area contributed by atoms with E-state index < -0.39 is 28.2 Å². The van der Waals surface area contributed by atoms with Crippen LogP contribution in [0.1, 0.15) is 48.1 Å². The predicted molar refractivity (Wildman–Crippen MR) is 115 cm³/mol. The molecule has 0 spiro atoms. The molecule has 1 atom stereocenters. The summed E-state index contributed by atoms with van der Waals surface area (Å²) in [7, 11) is -2.09. The summed E-state index contributed by atoms with van der Waals surface area (Å²) < 4.78 is 50.4. The Labute approximate surface area is 181 Å². The Bertz CT molecular complexity index is 1130. The summed E-state index contributed by atoms with van der Waals surface area (Å²) in [6.07, 6.45) is 4.97. The second kappa shape index (κ2) is 8.18. The number of halogens is 2. The number of aliphatic imine (C=N–C) groups is 1. The number of carbonyl (C=O) groups excluding carboxylic acids is 1. The van der Waals surface area contributed by atoms with Crippen molar-refractivity contribution in [1.82, 2.24) is 0 Å². The minimum atomic E-state index is -2.09. The molecule has 0 saturated carbocycles. The van der Waals surface area contributed by atoms with Gasteiger partial charge in [-0.25, -0.2) is 13.8 Å². The molecule has 9 heteroatoms. The van der Waals surface area contributed by atoms with Crippen molar-refractivity contribution in [1.29, 1.82) is 0 Å². The third kappa shape index (κ3) is 4.15. The highest BCUT2D eigenvalue weighted by atomic mass is 32.2. The highest BCUT2D eigenvalue weighted by molar-refractivity contribution is 7.80. The molecule has 2 aliphatic carbocycles. The molecule has 1 heterocycles. The molecule has 0 bridgehead atoms. The lowest BCUT2D eigenvalue weighted by Gasteiger charge is -2.13. The number of nitrogens with zero attached hydrogens (tertiary/aromatic N) is 2. The first-order valence-electron chi connectivity index (χ1n) is 10.2. The Morgan fingerprint density at radius 1 is 1.26 bits per heavy atom. The molecule has 6 nitrogen and oxygen atoms in total. The number of benzene rings is 1. The van der Waals surface area contributed by atoms with Gasteiger partial charge in [-0.05, 0) is 78.1 Å². The van der Waals surface area contributed by atoms with Crippen LogP contribution in [0, 0.1) is 5.82 Å². The molecule has 31 heavy (non-hydrogen) atoms. The number of amides is 1. The molecule has 0 saturated heterocycles. The van der Waals surface area contributed by atoms with Crippen molar-refractivity contribution < 1.29 is 22.5 Å². The summed E-state index contributed by atoms with van der Waals surface area (Å²) >= 11 is 0. The maximum atomic E-state index is 14.8. The molecule has 4 rings (SSSR count). The van der Waals surface area contributed by atoms with Gasteiger partial charge in [-0.1, -0.05) is 0 Å². The third-order valence-electron chi connectivity index (χ3n) is 5.70. The standard InChI is InChI=1S/C22H24F2N3O3S/c1-22(2)11-30-21(26-22)18(10-25)31(29)27-19(28)7-6-14-13-4-3-5-15(13)20(24)17-9-12(23)8-16(14)17/h6-7,10,12H,3-5,8-9,11,25H2,1-2H3/q-1. The molecule has 2 N–H and O–H groups in total. The number of alkyl halides is 1. The van der Waals surface area contributed by atoms with E-state index in [0.717, 1.165) is 18.2 Å². The molecule has 1 aliphatic heterocycles. The topological polar surface area (TPSA) is 94.1 Å². The van der Waals surface area contributed by atoms with Crippen LogP contribution < -0.4 is 5.73 Å². The number of rotatable bonds is 4. The van der Waals surface area contributed by atoms with Crippen molar-refractivity contribution >= 4 is 28.5 Å². The van der Waals surface area contributed by atoms with Crippen LogP contribution in [-0.2, 0) is 50.0 Å². The van der Waals surface area contributed by atoms with E-state index in [4.69, 9.17) is 10.5 Å². The maximum absolute atomic E-state index is 14.8. The van der Waals surface area contributed by atoms with Crippen LogP contribution in [0.5, 0.6) is 0 Å². The Kier molecular flexibility index (Phi) is 5.72. The first-order chi connectivity index (χ1) is 14.7. The highest BCUT2D eigenvalue weighted by Gasteiger charge is 2.32. The van der Waals surface area contributed by atoms with Crippen LogP contribution in [0.15, 0.2) is 26.5 Å². The monoisotopic (exact) mass is 448 g/mol. The van der Waals surface area contributed by atoms with Gasteiger partial charge in [0.25, 0.3) is 0 Å². The normalized spacial score (nSPS) is 23.0. The van der Waals surface area contributed by atoms with E-state index in [2.05, 4.69) is 9.36 Å². The number of hydrogen-bond donors (Lipinski definition) is 1. The van der Waals surface area contributed by atoms with Gasteiger partial charge >= 0.3 is 0 Å². The van der Waals surface area contributed by atoms with Crippen molar-refractivity contribution in [2.24, 2.45) is 15.1 Å². The first-order valence-corrected chi connectivity index (χ1v) is 11.3. The van der Waals surface area contributed by atoms with Crippen LogP contribution in [-0.4, -0.2) is 30.1 Å². The molecule has 1 aromatic carbocycles. The summed E-state index contributed by atoms with van der Waals surface area (Å²) in [6.45, 7) is 4.01. The summed E-state index contributed by atoms with van der Waals surface area (Å²) in [5.41, 5.74) is 8.25. The highest BCUT2D eigenvalue weighted by Crippen LogP contribution is 2.39. The fourth-order valence-corrected chi connectivity index (χ4v) is 5.03. The van der Waals surface area contributed by atoms with Crippen LogP contribution >= 0.6 is 0 Å².